The number of nitrogens with zero attached hydrogens (tertiary/aromatic N) is 3. The molecule has 1 aromatic heterocycles. The van der Waals surface area contributed by atoms with Gasteiger partial charge < -0.3 is 19.1 Å². The van der Waals surface area contributed by atoms with Crippen molar-refractivity contribution in [3.05, 3.63) is 200 Å². The second-order valence-electron chi connectivity index (χ2n) is 13.0. The summed E-state index contributed by atoms with van der Waals surface area (Å²) in [5, 5.41) is 2.38. The summed E-state index contributed by atoms with van der Waals surface area (Å²) in [6.07, 6.45) is 0. The minimum Gasteiger partial charge on any atom is -0.453 e. The molecule has 10 rings (SSSR count). The van der Waals surface area contributed by atoms with Crippen LogP contribution in [0.5, 0.6) is 11.5 Å². The minimum absolute atomic E-state index is 0.840. The van der Waals surface area contributed by atoms with Crippen molar-refractivity contribution in [3.8, 4) is 17.2 Å². The molecule has 8 aromatic carbocycles. The summed E-state index contributed by atoms with van der Waals surface area (Å²) in [7, 11) is 0. The topological polar surface area (TPSA) is 20.6 Å². The zero-order valence-corrected chi connectivity index (χ0v) is 29.5. The SMILES string of the molecule is c1ccc(N(c2ccccc2)c2ccc3c(c2)Sc2cccc(N(c4ccccc4)c4cccc5c4c4ccccc4n5-c4ccccc4)c2O3)cc1. The van der Waals surface area contributed by atoms with Gasteiger partial charge >= 0.3 is 0 Å². The highest BCUT2D eigenvalue weighted by Crippen LogP contribution is 2.55. The van der Waals surface area contributed by atoms with Gasteiger partial charge in [0.2, 0.25) is 0 Å². The molecule has 1 aliphatic heterocycles. The Hall–Kier alpha value is -6.69. The Morgan fingerprint density at radius 3 is 1.68 bits per heavy atom. The van der Waals surface area contributed by atoms with Crippen molar-refractivity contribution >= 4 is 67.7 Å². The fraction of sp³-hybridized carbons (Fsp3) is 0. The first-order valence-electron chi connectivity index (χ1n) is 17.8. The molecule has 0 N–H and O–H groups in total. The van der Waals surface area contributed by atoms with Crippen molar-refractivity contribution in [2.75, 3.05) is 9.80 Å². The number of ether oxygens (including phenoxy) is 1. The van der Waals surface area contributed by atoms with Gasteiger partial charge in [0.25, 0.3) is 0 Å². The first kappa shape index (κ1) is 31.1. The summed E-state index contributed by atoms with van der Waals surface area (Å²) in [5.74, 6) is 1.68. The highest BCUT2D eigenvalue weighted by atomic mass is 32.2. The van der Waals surface area contributed by atoms with Crippen LogP contribution in [-0.2, 0) is 0 Å². The molecule has 0 spiro atoms. The molecule has 0 radical (unpaired) electrons. The number of benzene rings is 8. The first-order valence-corrected chi connectivity index (χ1v) is 18.6. The Kier molecular flexibility index (Phi) is 7.70. The van der Waals surface area contributed by atoms with Gasteiger partial charge in [0, 0.05) is 39.2 Å². The molecule has 0 atom stereocenters. The number of fused-ring (bicyclic) bond motifs is 5. The lowest BCUT2D eigenvalue weighted by Crippen LogP contribution is -2.13. The van der Waals surface area contributed by atoms with E-state index < -0.39 is 0 Å². The molecular weight excluding hydrogens is 667 g/mol. The van der Waals surface area contributed by atoms with Gasteiger partial charge in [-0.1, -0.05) is 115 Å². The van der Waals surface area contributed by atoms with E-state index in [1.165, 1.54) is 16.3 Å². The van der Waals surface area contributed by atoms with Crippen LogP contribution >= 0.6 is 11.8 Å². The quantitative estimate of drug-likeness (QED) is 0.165. The number of rotatable bonds is 7. The molecule has 1 aliphatic rings. The number of anilines is 6. The van der Waals surface area contributed by atoms with Crippen LogP contribution in [0.25, 0.3) is 27.5 Å². The monoisotopic (exact) mass is 699 g/mol. The fourth-order valence-corrected chi connectivity index (χ4v) is 8.53. The molecule has 252 valence electrons. The van der Waals surface area contributed by atoms with Crippen molar-refractivity contribution < 1.29 is 4.74 Å². The summed E-state index contributed by atoms with van der Waals surface area (Å²) in [6, 6.07) is 70.6. The Morgan fingerprint density at radius 2 is 0.981 bits per heavy atom. The fourth-order valence-electron chi connectivity index (χ4n) is 7.52. The number of aromatic nitrogens is 1. The normalized spacial score (nSPS) is 11.8. The second-order valence-corrected chi connectivity index (χ2v) is 14.1. The minimum atomic E-state index is 0.840. The number of hydrogen-bond acceptors (Lipinski definition) is 4. The van der Waals surface area contributed by atoms with Gasteiger partial charge in [-0.05, 0) is 97.1 Å². The van der Waals surface area contributed by atoms with Crippen molar-refractivity contribution in [1.29, 1.82) is 0 Å². The van der Waals surface area contributed by atoms with Gasteiger partial charge in [-0.15, -0.1) is 0 Å². The summed E-state index contributed by atoms with van der Waals surface area (Å²) in [5.41, 5.74) is 9.85. The molecule has 9 aromatic rings. The second kappa shape index (κ2) is 13.1. The molecule has 0 unspecified atom stereocenters. The van der Waals surface area contributed by atoms with Gasteiger partial charge in [0.1, 0.15) is 5.75 Å². The lowest BCUT2D eigenvalue weighted by Gasteiger charge is -2.31. The zero-order valence-electron chi connectivity index (χ0n) is 28.7. The Balaban J connectivity index is 1.12. The lowest BCUT2D eigenvalue weighted by molar-refractivity contribution is 0.456. The van der Waals surface area contributed by atoms with Crippen LogP contribution in [0.3, 0.4) is 0 Å². The molecule has 0 aliphatic carbocycles. The molecular formula is C48H33N3OS. The molecule has 5 heteroatoms. The van der Waals surface area contributed by atoms with E-state index in [1.807, 2.05) is 0 Å². The highest BCUT2D eigenvalue weighted by molar-refractivity contribution is 7.99. The Morgan fingerprint density at radius 1 is 0.415 bits per heavy atom. The standard InChI is InChI=1S/C48H33N3OS/c1-5-17-34(18-6-1)49(35-19-7-2-8-20-35)38-31-32-44-46(33-38)53-45-30-16-29-43(48(45)52-44)51(37-23-11-4-12-24-37)42-28-15-27-41-47(42)39-25-13-14-26-40(39)50(41)36-21-9-3-10-22-36/h1-33H. The lowest BCUT2D eigenvalue weighted by atomic mass is 10.1. The molecule has 53 heavy (non-hydrogen) atoms. The van der Waals surface area contributed by atoms with E-state index in [9.17, 15) is 0 Å². The van der Waals surface area contributed by atoms with E-state index in [0.29, 0.717) is 0 Å². The molecule has 0 fully saturated rings. The van der Waals surface area contributed by atoms with Gasteiger partial charge in [-0.25, -0.2) is 0 Å². The van der Waals surface area contributed by atoms with E-state index >= 15 is 0 Å². The summed E-state index contributed by atoms with van der Waals surface area (Å²) in [6.45, 7) is 0. The van der Waals surface area contributed by atoms with Gasteiger partial charge in [0.05, 0.1) is 32.2 Å². The molecule has 0 bridgehead atoms. The van der Waals surface area contributed by atoms with Crippen LogP contribution in [0.2, 0.25) is 0 Å². The molecule has 0 amide bonds. The van der Waals surface area contributed by atoms with Crippen molar-refractivity contribution in [1.82, 2.24) is 4.57 Å². The molecule has 0 saturated carbocycles. The number of para-hydroxylation sites is 6. The predicted molar refractivity (Wildman–Crippen MR) is 221 cm³/mol. The first-order chi connectivity index (χ1) is 26.3. The van der Waals surface area contributed by atoms with Crippen LogP contribution in [0.1, 0.15) is 0 Å². The van der Waals surface area contributed by atoms with Gasteiger partial charge in [0.15, 0.2) is 5.75 Å². The molecule has 0 saturated heterocycles. The van der Waals surface area contributed by atoms with Crippen LogP contribution in [0.4, 0.5) is 34.1 Å². The van der Waals surface area contributed by atoms with E-state index in [2.05, 4.69) is 215 Å². The maximum absolute atomic E-state index is 6.97. The largest absolute Gasteiger partial charge is 0.453 e. The van der Waals surface area contributed by atoms with E-state index in [-0.39, 0.29) is 0 Å². The van der Waals surface area contributed by atoms with Crippen LogP contribution in [0, 0.1) is 0 Å². The van der Waals surface area contributed by atoms with E-state index in [0.717, 1.165) is 66.6 Å². The van der Waals surface area contributed by atoms with Crippen molar-refractivity contribution in [2.45, 2.75) is 9.79 Å². The van der Waals surface area contributed by atoms with Gasteiger partial charge in [-0.3, -0.25) is 0 Å². The van der Waals surface area contributed by atoms with Crippen LogP contribution < -0.4 is 14.5 Å². The number of hydrogen-bond donors (Lipinski definition) is 0. The third-order valence-corrected chi connectivity index (χ3v) is 10.9. The van der Waals surface area contributed by atoms with E-state index in [1.54, 1.807) is 11.8 Å². The third-order valence-electron chi connectivity index (χ3n) is 9.79. The maximum atomic E-state index is 6.97. The summed E-state index contributed by atoms with van der Waals surface area (Å²) >= 11 is 1.75. The molecule has 4 nitrogen and oxygen atoms in total. The van der Waals surface area contributed by atoms with Crippen LogP contribution in [0.15, 0.2) is 210 Å². The smallest absolute Gasteiger partial charge is 0.165 e. The summed E-state index contributed by atoms with van der Waals surface area (Å²) in [4.78, 5) is 6.78. The van der Waals surface area contributed by atoms with Gasteiger partial charge in [-0.2, -0.15) is 0 Å². The van der Waals surface area contributed by atoms with Crippen molar-refractivity contribution in [3.63, 3.8) is 0 Å². The zero-order chi connectivity index (χ0) is 35.1. The highest BCUT2D eigenvalue weighted by Gasteiger charge is 2.28. The predicted octanol–water partition coefficient (Wildman–Crippen LogP) is 14.0. The van der Waals surface area contributed by atoms with E-state index in [4.69, 9.17) is 4.74 Å². The maximum Gasteiger partial charge on any atom is 0.165 e. The Bertz CT molecular complexity index is 2690. The Labute approximate surface area is 312 Å². The molecule has 2 heterocycles. The average molecular weight is 700 g/mol. The van der Waals surface area contributed by atoms with Crippen LogP contribution in [-0.4, -0.2) is 4.57 Å². The van der Waals surface area contributed by atoms with Crippen molar-refractivity contribution in [2.24, 2.45) is 0 Å². The third kappa shape index (κ3) is 5.41. The average Bonchev–Trinajstić information content (AvgIpc) is 3.57. The summed E-state index contributed by atoms with van der Waals surface area (Å²) < 4.78 is 9.33.